The van der Waals surface area contributed by atoms with Crippen LogP contribution in [0.3, 0.4) is 0 Å². The number of nitrogens with zero attached hydrogens (tertiary/aromatic N) is 4. The Kier molecular flexibility index (Phi) is 5.96. The van der Waals surface area contributed by atoms with Crippen LogP contribution in [-0.4, -0.2) is 72.0 Å². The molecule has 0 spiro atoms. The van der Waals surface area contributed by atoms with Gasteiger partial charge in [0, 0.05) is 37.7 Å². The Morgan fingerprint density at radius 2 is 1.77 bits per heavy atom. The van der Waals surface area contributed by atoms with E-state index in [9.17, 15) is 4.79 Å². The van der Waals surface area contributed by atoms with Gasteiger partial charge in [0.1, 0.15) is 0 Å². The fourth-order valence-electron chi connectivity index (χ4n) is 3.25. The molecule has 0 bridgehead atoms. The van der Waals surface area contributed by atoms with Gasteiger partial charge >= 0.3 is 6.03 Å². The van der Waals surface area contributed by atoms with Gasteiger partial charge < -0.3 is 19.3 Å². The molecule has 2 fully saturated rings. The van der Waals surface area contributed by atoms with Crippen molar-refractivity contribution < 1.29 is 14.3 Å². The first kappa shape index (κ1) is 18.9. The lowest BCUT2D eigenvalue weighted by molar-refractivity contribution is 0.0388. The Bertz CT molecular complexity index is 586. The first-order valence-corrected chi connectivity index (χ1v) is 9.52. The van der Waals surface area contributed by atoms with Crippen molar-refractivity contribution in [2.45, 2.75) is 39.0 Å². The average molecular weight is 362 g/mol. The summed E-state index contributed by atoms with van der Waals surface area (Å²) in [4.78, 5) is 16.4. The molecule has 26 heavy (non-hydrogen) atoms. The highest BCUT2D eigenvalue weighted by Gasteiger charge is 2.27. The number of hydrogen-bond acceptors (Lipinski definition) is 5. The predicted octanol–water partition coefficient (Wildman–Crippen LogP) is 2.32. The van der Waals surface area contributed by atoms with E-state index in [4.69, 9.17) is 9.47 Å². The third kappa shape index (κ3) is 4.84. The van der Waals surface area contributed by atoms with Crippen LogP contribution in [0.5, 0.6) is 5.88 Å². The maximum Gasteiger partial charge on any atom is 0.320 e. The molecule has 7 nitrogen and oxygen atoms in total. The van der Waals surface area contributed by atoms with Crippen LogP contribution in [0.25, 0.3) is 0 Å². The first-order chi connectivity index (χ1) is 12.4. The smallest absolute Gasteiger partial charge is 0.320 e. The number of aromatic nitrogens is 2. The second-order valence-electron chi connectivity index (χ2n) is 8.13. The molecule has 2 saturated heterocycles. The van der Waals surface area contributed by atoms with E-state index in [2.05, 4.69) is 31.0 Å². The van der Waals surface area contributed by atoms with Crippen LogP contribution < -0.4 is 4.74 Å². The lowest BCUT2D eigenvalue weighted by atomic mass is 9.92. The minimum Gasteiger partial charge on any atom is -0.476 e. The van der Waals surface area contributed by atoms with Crippen molar-refractivity contribution in [2.24, 2.45) is 5.92 Å². The number of hydrogen-bond donors (Lipinski definition) is 0. The van der Waals surface area contributed by atoms with E-state index >= 15 is 0 Å². The third-order valence-electron chi connectivity index (χ3n) is 5.04. The summed E-state index contributed by atoms with van der Waals surface area (Å²) in [7, 11) is 0. The summed E-state index contributed by atoms with van der Waals surface area (Å²) in [5.74, 6) is 1.03. The maximum absolute atomic E-state index is 12.5. The molecule has 0 aliphatic carbocycles. The zero-order valence-corrected chi connectivity index (χ0v) is 16.1. The second kappa shape index (κ2) is 8.20. The summed E-state index contributed by atoms with van der Waals surface area (Å²) < 4.78 is 11.1. The normalized spacial score (nSPS) is 19.5. The van der Waals surface area contributed by atoms with E-state index in [0.717, 1.165) is 31.6 Å². The summed E-state index contributed by atoms with van der Waals surface area (Å²) in [6.07, 6.45) is 1.92. The van der Waals surface area contributed by atoms with Gasteiger partial charge in [-0.1, -0.05) is 20.8 Å². The molecule has 0 N–H and O–H groups in total. The number of rotatable bonds is 3. The van der Waals surface area contributed by atoms with Crippen LogP contribution in [0.15, 0.2) is 12.1 Å². The Balaban J connectivity index is 1.42. The molecular weight excluding hydrogens is 332 g/mol. The standard InChI is InChI=1S/C19H30N4O3/c1-19(2,3)16-4-5-17(21-20-16)26-14-15-6-8-22(9-7-15)18(24)23-10-12-25-13-11-23/h4-5,15H,6-14H2,1-3H3. The molecule has 0 saturated carbocycles. The van der Waals surface area contributed by atoms with Crippen LogP contribution in [0.1, 0.15) is 39.3 Å². The topological polar surface area (TPSA) is 67.8 Å². The summed E-state index contributed by atoms with van der Waals surface area (Å²) in [5.41, 5.74) is 0.950. The molecule has 0 unspecified atom stereocenters. The maximum atomic E-state index is 12.5. The Morgan fingerprint density at radius 1 is 1.12 bits per heavy atom. The van der Waals surface area contributed by atoms with Gasteiger partial charge in [-0.25, -0.2) is 4.79 Å². The number of likely N-dealkylation sites (tertiary alicyclic amines) is 1. The molecular formula is C19H30N4O3. The number of carbonyl (C=O) groups is 1. The highest BCUT2D eigenvalue weighted by Crippen LogP contribution is 2.22. The van der Waals surface area contributed by atoms with Gasteiger partial charge in [-0.15, -0.1) is 5.10 Å². The predicted molar refractivity (Wildman–Crippen MR) is 98.3 cm³/mol. The molecule has 1 aromatic heterocycles. The number of piperidine rings is 1. The second-order valence-corrected chi connectivity index (χ2v) is 8.13. The number of amides is 2. The summed E-state index contributed by atoms with van der Waals surface area (Å²) in [5, 5.41) is 8.44. The minimum atomic E-state index is -0.00855. The monoisotopic (exact) mass is 362 g/mol. The van der Waals surface area contributed by atoms with E-state index in [-0.39, 0.29) is 11.4 Å². The number of morpholine rings is 1. The van der Waals surface area contributed by atoms with Crippen molar-refractivity contribution in [3.63, 3.8) is 0 Å². The van der Waals surface area contributed by atoms with Gasteiger partial charge in [0.2, 0.25) is 5.88 Å². The third-order valence-corrected chi connectivity index (χ3v) is 5.04. The minimum absolute atomic E-state index is 0.00855. The van der Waals surface area contributed by atoms with Crippen molar-refractivity contribution in [3.8, 4) is 5.88 Å². The Labute approximate surface area is 155 Å². The molecule has 2 amide bonds. The first-order valence-electron chi connectivity index (χ1n) is 9.52. The van der Waals surface area contributed by atoms with Crippen LogP contribution in [-0.2, 0) is 10.2 Å². The summed E-state index contributed by atoms with van der Waals surface area (Å²) in [6, 6.07) is 4.02. The molecule has 0 radical (unpaired) electrons. The Morgan fingerprint density at radius 3 is 2.35 bits per heavy atom. The summed E-state index contributed by atoms with van der Waals surface area (Å²) in [6.45, 7) is 11.2. The van der Waals surface area contributed by atoms with E-state index in [1.54, 1.807) is 0 Å². The zero-order valence-electron chi connectivity index (χ0n) is 16.1. The van der Waals surface area contributed by atoms with E-state index in [0.29, 0.717) is 44.7 Å². The fraction of sp³-hybridized carbons (Fsp3) is 0.737. The quantitative estimate of drug-likeness (QED) is 0.825. The van der Waals surface area contributed by atoms with Gasteiger partial charge in [0.15, 0.2) is 0 Å². The lowest BCUT2D eigenvalue weighted by Crippen LogP contribution is -2.50. The highest BCUT2D eigenvalue weighted by molar-refractivity contribution is 5.74. The van der Waals surface area contributed by atoms with Crippen molar-refractivity contribution in [2.75, 3.05) is 46.0 Å². The molecule has 3 rings (SSSR count). The van der Waals surface area contributed by atoms with Gasteiger partial charge in [-0.3, -0.25) is 0 Å². The van der Waals surface area contributed by atoms with Crippen LogP contribution >= 0.6 is 0 Å². The molecule has 144 valence electrons. The Hall–Kier alpha value is -1.89. The van der Waals surface area contributed by atoms with E-state index in [1.165, 1.54) is 0 Å². The summed E-state index contributed by atoms with van der Waals surface area (Å²) >= 11 is 0. The van der Waals surface area contributed by atoms with Crippen LogP contribution in [0.4, 0.5) is 4.79 Å². The van der Waals surface area contributed by atoms with Gasteiger partial charge in [0.05, 0.1) is 25.5 Å². The molecule has 2 aliphatic rings. The molecule has 0 atom stereocenters. The highest BCUT2D eigenvalue weighted by atomic mass is 16.5. The van der Waals surface area contributed by atoms with Gasteiger partial charge in [-0.2, -0.15) is 5.10 Å². The van der Waals surface area contributed by atoms with Crippen molar-refractivity contribution in [1.82, 2.24) is 20.0 Å². The SMILES string of the molecule is CC(C)(C)c1ccc(OCC2CCN(C(=O)N3CCOCC3)CC2)nn1. The number of ether oxygens (including phenoxy) is 2. The van der Waals surface area contributed by atoms with Crippen LogP contribution in [0, 0.1) is 5.92 Å². The van der Waals surface area contributed by atoms with Crippen molar-refractivity contribution >= 4 is 6.03 Å². The van der Waals surface area contributed by atoms with E-state index < -0.39 is 0 Å². The van der Waals surface area contributed by atoms with Crippen LogP contribution in [0.2, 0.25) is 0 Å². The zero-order chi connectivity index (χ0) is 18.6. The van der Waals surface area contributed by atoms with Gasteiger partial charge in [0.25, 0.3) is 0 Å². The average Bonchev–Trinajstić information content (AvgIpc) is 2.66. The molecule has 1 aromatic rings. The van der Waals surface area contributed by atoms with Gasteiger partial charge in [-0.05, 0) is 24.8 Å². The lowest BCUT2D eigenvalue weighted by Gasteiger charge is -2.36. The number of carbonyl (C=O) groups excluding carboxylic acids is 1. The van der Waals surface area contributed by atoms with Crippen molar-refractivity contribution in [1.29, 1.82) is 0 Å². The number of urea groups is 1. The fourth-order valence-corrected chi connectivity index (χ4v) is 3.25. The molecule has 2 aliphatic heterocycles. The molecule has 0 aromatic carbocycles. The molecule has 7 heteroatoms. The van der Waals surface area contributed by atoms with Crippen molar-refractivity contribution in [3.05, 3.63) is 17.8 Å². The van der Waals surface area contributed by atoms with E-state index in [1.807, 2.05) is 21.9 Å². The largest absolute Gasteiger partial charge is 0.476 e. The molecule has 3 heterocycles.